The number of allylic oxidation sites excluding steroid dienone is 1. The van der Waals surface area contributed by atoms with E-state index in [9.17, 15) is 10.1 Å². The third-order valence-electron chi connectivity index (χ3n) is 4.25. The molecule has 0 aliphatic heterocycles. The molecule has 1 aromatic heterocycles. The van der Waals surface area contributed by atoms with Gasteiger partial charge in [0.25, 0.3) is 0 Å². The Morgan fingerprint density at radius 1 is 1.44 bits per heavy atom. The first kappa shape index (κ1) is 21.2. The van der Waals surface area contributed by atoms with Crippen molar-refractivity contribution in [3.05, 3.63) is 41.4 Å². The Bertz CT molecular complexity index is 856. The molecule has 0 spiro atoms. The predicted octanol–water partition coefficient (Wildman–Crippen LogP) is 4.04. The zero-order valence-electron chi connectivity index (χ0n) is 15.6. The summed E-state index contributed by atoms with van der Waals surface area (Å²) in [5.41, 5.74) is 0.0374. The Hall–Kier alpha value is -2.11. The summed E-state index contributed by atoms with van der Waals surface area (Å²) in [6.07, 6.45) is 1.77. The number of amides is 1. The van der Waals surface area contributed by atoms with Crippen molar-refractivity contribution in [1.29, 1.82) is 5.26 Å². The molecule has 0 saturated heterocycles. The van der Waals surface area contributed by atoms with Crippen LogP contribution in [0.5, 0.6) is 0 Å². The van der Waals surface area contributed by atoms with E-state index in [0.717, 1.165) is 10.0 Å². The fourth-order valence-electron chi connectivity index (χ4n) is 2.26. The van der Waals surface area contributed by atoms with Crippen LogP contribution in [0.1, 0.15) is 20.8 Å². The first-order valence-electron chi connectivity index (χ1n) is 8.45. The maximum Gasteiger partial charge on any atom is 0.231 e. The molecule has 2 aromatic rings. The van der Waals surface area contributed by atoms with E-state index in [-0.39, 0.29) is 17.6 Å². The standard InChI is InChI=1S/C19H22BrN5OS/c1-5-10-25-17(14-6-8-15(20)9-7-14)23-24-18(25)27-11-16(26)22-19(4,12-21)13(2)3/h5-9,13H,1,10-11H2,2-4H3,(H,22,26)/t19-/m1/s1. The van der Waals surface area contributed by atoms with E-state index in [4.69, 9.17) is 0 Å². The van der Waals surface area contributed by atoms with Gasteiger partial charge in [-0.3, -0.25) is 9.36 Å². The van der Waals surface area contributed by atoms with Gasteiger partial charge >= 0.3 is 0 Å². The third kappa shape index (κ3) is 5.21. The molecule has 1 atom stereocenters. The molecule has 0 unspecified atom stereocenters. The summed E-state index contributed by atoms with van der Waals surface area (Å²) in [6.45, 7) is 9.86. The molecule has 1 heterocycles. The summed E-state index contributed by atoms with van der Waals surface area (Å²) in [4.78, 5) is 12.3. The summed E-state index contributed by atoms with van der Waals surface area (Å²) >= 11 is 4.71. The van der Waals surface area contributed by atoms with Crippen molar-refractivity contribution in [3.63, 3.8) is 0 Å². The number of rotatable bonds is 8. The Labute approximate surface area is 172 Å². The van der Waals surface area contributed by atoms with Crippen LogP contribution in [0, 0.1) is 17.2 Å². The number of carbonyl (C=O) groups is 1. The second-order valence-electron chi connectivity index (χ2n) is 6.52. The molecule has 2 rings (SSSR count). The summed E-state index contributed by atoms with van der Waals surface area (Å²) in [7, 11) is 0. The van der Waals surface area contributed by atoms with Crippen molar-refractivity contribution < 1.29 is 4.79 Å². The smallest absolute Gasteiger partial charge is 0.231 e. The van der Waals surface area contributed by atoms with Gasteiger partial charge in [-0.05, 0) is 25.0 Å². The number of carbonyl (C=O) groups excluding carboxylic acids is 1. The van der Waals surface area contributed by atoms with E-state index in [1.54, 1.807) is 13.0 Å². The zero-order valence-corrected chi connectivity index (χ0v) is 18.0. The topological polar surface area (TPSA) is 83.6 Å². The monoisotopic (exact) mass is 447 g/mol. The number of aromatic nitrogens is 3. The zero-order chi connectivity index (χ0) is 20.0. The third-order valence-corrected chi connectivity index (χ3v) is 5.74. The Kier molecular flexibility index (Phi) is 7.22. The average Bonchev–Trinajstić information content (AvgIpc) is 3.03. The van der Waals surface area contributed by atoms with Crippen LogP contribution in [0.3, 0.4) is 0 Å². The number of hydrogen-bond donors (Lipinski definition) is 1. The minimum atomic E-state index is -0.894. The summed E-state index contributed by atoms with van der Waals surface area (Å²) in [5.74, 6) is 0.662. The number of nitriles is 1. The van der Waals surface area contributed by atoms with Crippen molar-refractivity contribution in [3.8, 4) is 17.5 Å². The molecule has 0 radical (unpaired) electrons. The molecule has 27 heavy (non-hydrogen) atoms. The van der Waals surface area contributed by atoms with Crippen LogP contribution in [0.25, 0.3) is 11.4 Å². The van der Waals surface area contributed by atoms with E-state index in [1.807, 2.05) is 42.7 Å². The number of nitrogens with one attached hydrogen (secondary N) is 1. The first-order valence-corrected chi connectivity index (χ1v) is 10.2. The van der Waals surface area contributed by atoms with Crippen molar-refractivity contribution in [1.82, 2.24) is 20.1 Å². The maximum absolute atomic E-state index is 12.3. The van der Waals surface area contributed by atoms with Crippen LogP contribution in [0.2, 0.25) is 0 Å². The van der Waals surface area contributed by atoms with Crippen LogP contribution in [0.4, 0.5) is 0 Å². The molecule has 0 fully saturated rings. The van der Waals surface area contributed by atoms with Gasteiger partial charge in [-0.2, -0.15) is 5.26 Å². The number of halogens is 1. The van der Waals surface area contributed by atoms with Crippen LogP contribution in [-0.4, -0.2) is 32.0 Å². The molecule has 1 N–H and O–H groups in total. The SMILES string of the molecule is C=CCn1c(SCC(=O)N[C@](C)(C#N)C(C)C)nnc1-c1ccc(Br)cc1. The van der Waals surface area contributed by atoms with E-state index in [1.165, 1.54) is 11.8 Å². The summed E-state index contributed by atoms with van der Waals surface area (Å²) < 4.78 is 2.90. The molecule has 1 amide bonds. The second kappa shape index (κ2) is 9.20. The lowest BCUT2D eigenvalue weighted by Crippen LogP contribution is -2.49. The Morgan fingerprint density at radius 3 is 2.67 bits per heavy atom. The molecule has 6 nitrogen and oxygen atoms in total. The number of nitrogens with zero attached hydrogens (tertiary/aromatic N) is 4. The van der Waals surface area contributed by atoms with Gasteiger partial charge in [0.15, 0.2) is 11.0 Å². The van der Waals surface area contributed by atoms with Crippen molar-refractivity contribution >= 4 is 33.6 Å². The van der Waals surface area contributed by atoms with Gasteiger partial charge in [0.1, 0.15) is 5.54 Å². The Balaban J connectivity index is 2.15. The van der Waals surface area contributed by atoms with Crippen LogP contribution >= 0.6 is 27.7 Å². The second-order valence-corrected chi connectivity index (χ2v) is 8.38. The molecule has 0 saturated carbocycles. The van der Waals surface area contributed by atoms with E-state index in [2.05, 4.69) is 44.1 Å². The highest BCUT2D eigenvalue weighted by Crippen LogP contribution is 2.25. The fourth-order valence-corrected chi connectivity index (χ4v) is 3.27. The van der Waals surface area contributed by atoms with Gasteiger partial charge < -0.3 is 5.32 Å². The fraction of sp³-hybridized carbons (Fsp3) is 0.368. The summed E-state index contributed by atoms with van der Waals surface area (Å²) in [5, 5.41) is 21.3. The van der Waals surface area contributed by atoms with Gasteiger partial charge in [-0.25, -0.2) is 0 Å². The molecule has 0 aliphatic carbocycles. The Morgan fingerprint density at radius 2 is 2.11 bits per heavy atom. The van der Waals surface area contributed by atoms with E-state index < -0.39 is 5.54 Å². The minimum absolute atomic E-state index is 0.00451. The highest BCUT2D eigenvalue weighted by molar-refractivity contribution is 9.10. The molecule has 1 aromatic carbocycles. The van der Waals surface area contributed by atoms with Crippen LogP contribution in [0.15, 0.2) is 46.5 Å². The lowest BCUT2D eigenvalue weighted by Gasteiger charge is -2.27. The van der Waals surface area contributed by atoms with Crippen LogP contribution < -0.4 is 5.32 Å². The highest BCUT2D eigenvalue weighted by atomic mass is 79.9. The molecule has 0 aliphatic rings. The molecular weight excluding hydrogens is 426 g/mol. The number of thioether (sulfide) groups is 1. The molecule has 0 bridgehead atoms. The van der Waals surface area contributed by atoms with Gasteiger partial charge in [-0.15, -0.1) is 16.8 Å². The van der Waals surface area contributed by atoms with Crippen LogP contribution in [-0.2, 0) is 11.3 Å². The lowest BCUT2D eigenvalue weighted by atomic mass is 9.90. The molecule has 142 valence electrons. The summed E-state index contributed by atoms with van der Waals surface area (Å²) in [6, 6.07) is 9.97. The van der Waals surface area contributed by atoms with Gasteiger partial charge in [0.2, 0.25) is 5.91 Å². The van der Waals surface area contributed by atoms with E-state index in [0.29, 0.717) is 17.5 Å². The van der Waals surface area contributed by atoms with Gasteiger partial charge in [-0.1, -0.05) is 59.7 Å². The number of benzene rings is 1. The van der Waals surface area contributed by atoms with Crippen molar-refractivity contribution in [2.24, 2.45) is 5.92 Å². The highest BCUT2D eigenvalue weighted by Gasteiger charge is 2.30. The first-order chi connectivity index (χ1) is 12.8. The predicted molar refractivity (Wildman–Crippen MR) is 111 cm³/mol. The lowest BCUT2D eigenvalue weighted by molar-refractivity contribution is -0.120. The van der Waals surface area contributed by atoms with E-state index >= 15 is 0 Å². The minimum Gasteiger partial charge on any atom is -0.337 e. The average molecular weight is 448 g/mol. The van der Waals surface area contributed by atoms with Gasteiger partial charge in [0, 0.05) is 16.6 Å². The van der Waals surface area contributed by atoms with Crippen molar-refractivity contribution in [2.75, 3.05) is 5.75 Å². The van der Waals surface area contributed by atoms with Crippen molar-refractivity contribution in [2.45, 2.75) is 38.0 Å². The van der Waals surface area contributed by atoms with Gasteiger partial charge in [0.05, 0.1) is 11.8 Å². The molecule has 8 heteroatoms. The quantitative estimate of drug-likeness (QED) is 0.487. The normalized spacial score (nSPS) is 13.0. The number of hydrogen-bond acceptors (Lipinski definition) is 5. The molecular formula is C19H22BrN5OS. The maximum atomic E-state index is 12.3. The largest absolute Gasteiger partial charge is 0.337 e.